The normalized spacial score (nSPS) is 10.4. The number of aryl methyl sites for hydroxylation is 1. The fourth-order valence-electron chi connectivity index (χ4n) is 1.90. The third-order valence-corrected chi connectivity index (χ3v) is 3.68. The molecule has 3 aromatic rings. The summed E-state index contributed by atoms with van der Waals surface area (Å²) in [7, 11) is 0. The number of carbonyl (C=O) groups is 1. The lowest BCUT2D eigenvalue weighted by Gasteiger charge is -2.06. The van der Waals surface area contributed by atoms with Crippen molar-refractivity contribution in [1.29, 1.82) is 0 Å². The average molecular weight is 345 g/mol. The van der Waals surface area contributed by atoms with Crippen molar-refractivity contribution in [3.05, 3.63) is 34.7 Å². The molecule has 2 heterocycles. The average Bonchev–Trinajstić information content (AvgIpc) is 3.18. The minimum Gasteiger partial charge on any atom is -0.494 e. The van der Waals surface area contributed by atoms with Crippen molar-refractivity contribution in [2.24, 2.45) is 0 Å². The Bertz CT molecular complexity index is 828. The van der Waals surface area contributed by atoms with E-state index in [1.807, 2.05) is 19.2 Å². The van der Waals surface area contributed by atoms with Crippen LogP contribution in [0.4, 0.5) is 16.5 Å². The van der Waals surface area contributed by atoms with Crippen molar-refractivity contribution in [1.82, 2.24) is 15.2 Å². The molecule has 0 radical (unpaired) electrons. The van der Waals surface area contributed by atoms with Crippen molar-refractivity contribution in [2.45, 2.75) is 13.8 Å². The number of aromatic nitrogens is 3. The lowest BCUT2D eigenvalue weighted by atomic mass is 10.3. The van der Waals surface area contributed by atoms with E-state index in [4.69, 9.17) is 9.15 Å². The maximum Gasteiger partial charge on any atom is 0.327 e. The Morgan fingerprint density at radius 2 is 2.04 bits per heavy atom. The van der Waals surface area contributed by atoms with Gasteiger partial charge in [0.15, 0.2) is 0 Å². The standard InChI is InChI=1S/C15H15N5O3S/c1-3-22-11-6-4-10(5-7-11)17-14(21)18-15-20-19-13(23-15)12-8-24-9(2)16-12/h4-8H,3H2,1-2H3,(H2,17,18,20,21). The molecule has 0 fully saturated rings. The van der Waals surface area contributed by atoms with Gasteiger partial charge in [0, 0.05) is 11.1 Å². The van der Waals surface area contributed by atoms with E-state index < -0.39 is 6.03 Å². The molecule has 0 unspecified atom stereocenters. The molecule has 0 aliphatic rings. The highest BCUT2D eigenvalue weighted by molar-refractivity contribution is 7.09. The summed E-state index contributed by atoms with van der Waals surface area (Å²) in [6, 6.07) is 6.54. The highest BCUT2D eigenvalue weighted by Crippen LogP contribution is 2.22. The Labute approximate surface area is 141 Å². The topological polar surface area (TPSA) is 102 Å². The zero-order valence-electron chi connectivity index (χ0n) is 13.1. The third-order valence-electron chi connectivity index (χ3n) is 2.91. The first-order valence-electron chi connectivity index (χ1n) is 7.21. The van der Waals surface area contributed by atoms with E-state index in [0.29, 0.717) is 18.0 Å². The molecule has 0 spiro atoms. The molecule has 2 amide bonds. The van der Waals surface area contributed by atoms with Crippen LogP contribution < -0.4 is 15.4 Å². The van der Waals surface area contributed by atoms with Crippen LogP contribution in [-0.4, -0.2) is 27.8 Å². The lowest BCUT2D eigenvalue weighted by Crippen LogP contribution is -2.19. The number of benzene rings is 1. The van der Waals surface area contributed by atoms with Gasteiger partial charge < -0.3 is 14.5 Å². The number of hydrogen-bond acceptors (Lipinski definition) is 7. The molecule has 0 atom stereocenters. The molecule has 8 nitrogen and oxygen atoms in total. The summed E-state index contributed by atoms with van der Waals surface area (Å²) in [6.07, 6.45) is 0. The molecule has 0 aliphatic carbocycles. The second-order valence-corrected chi connectivity index (χ2v) is 5.76. The summed E-state index contributed by atoms with van der Waals surface area (Å²) in [4.78, 5) is 16.2. The molecule has 0 saturated heterocycles. The Morgan fingerprint density at radius 3 is 2.71 bits per heavy atom. The van der Waals surface area contributed by atoms with Gasteiger partial charge in [0.2, 0.25) is 0 Å². The molecule has 9 heteroatoms. The van der Waals surface area contributed by atoms with E-state index in [-0.39, 0.29) is 11.9 Å². The van der Waals surface area contributed by atoms with Gasteiger partial charge in [-0.25, -0.2) is 9.78 Å². The predicted octanol–water partition coefficient (Wildman–Crippen LogP) is 3.54. The summed E-state index contributed by atoms with van der Waals surface area (Å²) in [5.41, 5.74) is 1.20. The second kappa shape index (κ2) is 7.09. The van der Waals surface area contributed by atoms with E-state index in [1.165, 1.54) is 11.3 Å². The zero-order chi connectivity index (χ0) is 16.9. The van der Waals surface area contributed by atoms with Gasteiger partial charge in [-0.3, -0.25) is 5.32 Å². The first-order chi connectivity index (χ1) is 11.6. The molecule has 24 heavy (non-hydrogen) atoms. The molecule has 124 valence electrons. The quantitative estimate of drug-likeness (QED) is 0.733. The number of carbonyl (C=O) groups excluding carboxylic acids is 1. The van der Waals surface area contributed by atoms with E-state index in [0.717, 1.165) is 10.8 Å². The molecule has 0 saturated carbocycles. The Morgan fingerprint density at radius 1 is 1.25 bits per heavy atom. The Kier molecular flexibility index (Phi) is 4.71. The highest BCUT2D eigenvalue weighted by atomic mass is 32.1. The summed E-state index contributed by atoms with van der Waals surface area (Å²) in [6.45, 7) is 4.38. The molecule has 2 N–H and O–H groups in total. The van der Waals surface area contributed by atoms with Crippen molar-refractivity contribution >= 4 is 29.1 Å². The predicted molar refractivity (Wildman–Crippen MR) is 90.4 cm³/mol. The lowest BCUT2D eigenvalue weighted by molar-refractivity contribution is 0.261. The molecule has 3 rings (SSSR count). The molecular formula is C15H15N5O3S. The first kappa shape index (κ1) is 15.9. The van der Waals surface area contributed by atoms with Crippen LogP contribution in [0.25, 0.3) is 11.6 Å². The monoisotopic (exact) mass is 345 g/mol. The second-order valence-electron chi connectivity index (χ2n) is 4.70. The molecule has 2 aromatic heterocycles. The summed E-state index contributed by atoms with van der Waals surface area (Å²) < 4.78 is 10.7. The number of ether oxygens (including phenoxy) is 1. The maximum atomic E-state index is 11.9. The number of anilines is 2. The van der Waals surface area contributed by atoms with Gasteiger partial charge in [0.1, 0.15) is 11.4 Å². The number of nitrogens with zero attached hydrogens (tertiary/aromatic N) is 3. The van der Waals surface area contributed by atoms with Crippen LogP contribution in [0.5, 0.6) is 5.75 Å². The summed E-state index contributed by atoms with van der Waals surface area (Å²) in [5.74, 6) is 0.999. The van der Waals surface area contributed by atoms with E-state index in [2.05, 4.69) is 25.8 Å². The summed E-state index contributed by atoms with van der Waals surface area (Å²) in [5, 5.41) is 15.5. The van der Waals surface area contributed by atoms with Gasteiger partial charge in [-0.05, 0) is 38.1 Å². The highest BCUT2D eigenvalue weighted by Gasteiger charge is 2.13. The number of urea groups is 1. The van der Waals surface area contributed by atoms with Crippen molar-refractivity contribution < 1.29 is 13.9 Å². The van der Waals surface area contributed by atoms with Crippen molar-refractivity contribution in [2.75, 3.05) is 17.2 Å². The largest absolute Gasteiger partial charge is 0.494 e. The Balaban J connectivity index is 1.59. The zero-order valence-corrected chi connectivity index (χ0v) is 13.9. The smallest absolute Gasteiger partial charge is 0.327 e. The Hall–Kier alpha value is -2.94. The van der Waals surface area contributed by atoms with Crippen LogP contribution in [0, 0.1) is 6.92 Å². The fraction of sp³-hybridized carbons (Fsp3) is 0.200. The number of rotatable bonds is 5. The molecular weight excluding hydrogens is 330 g/mol. The minimum atomic E-state index is -0.483. The third kappa shape index (κ3) is 3.87. The van der Waals surface area contributed by atoms with E-state index >= 15 is 0 Å². The number of thiazole rings is 1. The number of hydrogen-bond donors (Lipinski definition) is 2. The van der Waals surface area contributed by atoms with Crippen LogP contribution in [-0.2, 0) is 0 Å². The number of nitrogens with one attached hydrogen (secondary N) is 2. The molecule has 0 aliphatic heterocycles. The van der Waals surface area contributed by atoms with Crippen LogP contribution in [0.15, 0.2) is 34.1 Å². The van der Waals surface area contributed by atoms with Gasteiger partial charge in [-0.2, -0.15) is 0 Å². The van der Waals surface area contributed by atoms with Crippen LogP contribution in [0.2, 0.25) is 0 Å². The van der Waals surface area contributed by atoms with Gasteiger partial charge in [0.25, 0.3) is 5.89 Å². The van der Waals surface area contributed by atoms with Crippen LogP contribution >= 0.6 is 11.3 Å². The van der Waals surface area contributed by atoms with Gasteiger partial charge in [0.05, 0.1) is 11.6 Å². The van der Waals surface area contributed by atoms with E-state index in [1.54, 1.807) is 24.3 Å². The number of amides is 2. The summed E-state index contributed by atoms with van der Waals surface area (Å²) >= 11 is 1.48. The van der Waals surface area contributed by atoms with Crippen LogP contribution in [0.3, 0.4) is 0 Å². The van der Waals surface area contributed by atoms with Crippen LogP contribution in [0.1, 0.15) is 11.9 Å². The minimum absolute atomic E-state index is 0.000843. The van der Waals surface area contributed by atoms with E-state index in [9.17, 15) is 4.79 Å². The molecule has 0 bridgehead atoms. The first-order valence-corrected chi connectivity index (χ1v) is 8.09. The van der Waals surface area contributed by atoms with Gasteiger partial charge in [-0.15, -0.1) is 16.4 Å². The van der Waals surface area contributed by atoms with Crippen molar-refractivity contribution in [3.63, 3.8) is 0 Å². The fourth-order valence-corrected chi connectivity index (χ4v) is 2.49. The van der Waals surface area contributed by atoms with Gasteiger partial charge in [-0.1, -0.05) is 5.10 Å². The SMILES string of the molecule is CCOc1ccc(NC(=O)Nc2nnc(-c3csc(C)n3)o2)cc1. The van der Waals surface area contributed by atoms with Crippen molar-refractivity contribution in [3.8, 4) is 17.3 Å². The molecule has 1 aromatic carbocycles. The maximum absolute atomic E-state index is 11.9. The van der Waals surface area contributed by atoms with Gasteiger partial charge >= 0.3 is 12.0 Å².